The number of benzene rings is 1. The zero-order valence-corrected chi connectivity index (χ0v) is 18.8. The van der Waals surface area contributed by atoms with E-state index in [4.69, 9.17) is 0 Å². The lowest BCUT2D eigenvalue weighted by Gasteiger charge is -2.35. The maximum Gasteiger partial charge on any atom is 0.282 e. The van der Waals surface area contributed by atoms with Crippen molar-refractivity contribution in [1.82, 2.24) is 13.5 Å². The van der Waals surface area contributed by atoms with Crippen molar-refractivity contribution in [2.75, 3.05) is 52.9 Å². The van der Waals surface area contributed by atoms with E-state index in [9.17, 15) is 17.6 Å². The fourth-order valence-electron chi connectivity index (χ4n) is 4.17. The van der Waals surface area contributed by atoms with Crippen LogP contribution in [0.1, 0.15) is 44.2 Å². The number of rotatable bonds is 6. The average molecular weight is 442 g/mol. The number of amides is 1. The molecule has 2 fully saturated rings. The zero-order chi connectivity index (χ0) is 21.7. The first-order valence-corrected chi connectivity index (χ1v) is 12.3. The summed E-state index contributed by atoms with van der Waals surface area (Å²) >= 11 is 0. The number of piperazine rings is 1. The van der Waals surface area contributed by atoms with E-state index in [1.54, 1.807) is 32.7 Å². The van der Waals surface area contributed by atoms with Crippen molar-refractivity contribution in [3.63, 3.8) is 0 Å². The third-order valence-corrected chi connectivity index (χ3v) is 8.41. The summed E-state index contributed by atoms with van der Waals surface area (Å²) < 4.78 is 42.2. The van der Waals surface area contributed by atoms with E-state index in [-0.39, 0.29) is 17.8 Å². The van der Waals surface area contributed by atoms with Gasteiger partial charge in [0.25, 0.3) is 16.1 Å². The van der Waals surface area contributed by atoms with Crippen molar-refractivity contribution >= 4 is 16.1 Å². The number of halogens is 1. The largest absolute Gasteiger partial charge is 0.334 e. The fraction of sp³-hybridized carbons (Fsp3) is 0.667. The first-order chi connectivity index (χ1) is 14.3. The molecule has 0 radical (unpaired) electrons. The molecule has 2 aliphatic heterocycles. The highest BCUT2D eigenvalue weighted by molar-refractivity contribution is 7.86. The summed E-state index contributed by atoms with van der Waals surface area (Å²) in [5.74, 6) is -0.289. The normalized spacial score (nSPS) is 21.2. The van der Waals surface area contributed by atoms with Crippen molar-refractivity contribution in [3.8, 4) is 0 Å². The van der Waals surface area contributed by atoms with Gasteiger partial charge in [-0.25, -0.2) is 4.39 Å². The van der Waals surface area contributed by atoms with Crippen LogP contribution in [0.25, 0.3) is 0 Å². The van der Waals surface area contributed by atoms with E-state index >= 15 is 0 Å². The molecule has 1 amide bonds. The Kier molecular flexibility index (Phi) is 7.84. The molecule has 3 rings (SSSR count). The first-order valence-electron chi connectivity index (χ1n) is 10.9. The van der Waals surface area contributed by atoms with Gasteiger partial charge in [-0.1, -0.05) is 25.0 Å². The second kappa shape index (κ2) is 10.2. The summed E-state index contributed by atoms with van der Waals surface area (Å²) in [5, 5.41) is 0. The molecule has 1 N–H and O–H groups in total. The van der Waals surface area contributed by atoms with Crippen LogP contribution in [0.15, 0.2) is 24.3 Å². The molecular weight excluding hydrogens is 407 g/mol. The van der Waals surface area contributed by atoms with Crippen molar-refractivity contribution in [1.29, 1.82) is 0 Å². The van der Waals surface area contributed by atoms with Crippen molar-refractivity contribution < 1.29 is 22.5 Å². The molecule has 1 aromatic rings. The van der Waals surface area contributed by atoms with Crippen LogP contribution in [0, 0.1) is 5.82 Å². The number of nitrogens with zero attached hydrogens (tertiary/aromatic N) is 3. The quantitative estimate of drug-likeness (QED) is 0.706. The van der Waals surface area contributed by atoms with Gasteiger partial charge in [0.15, 0.2) is 6.54 Å². The van der Waals surface area contributed by atoms with Gasteiger partial charge in [0, 0.05) is 20.1 Å². The Hall–Kier alpha value is -1.55. The van der Waals surface area contributed by atoms with Crippen LogP contribution in [-0.2, 0) is 15.0 Å². The van der Waals surface area contributed by atoms with Gasteiger partial charge in [-0.05, 0) is 37.5 Å². The molecule has 30 heavy (non-hydrogen) atoms. The van der Waals surface area contributed by atoms with Crippen LogP contribution >= 0.6 is 0 Å². The lowest BCUT2D eigenvalue weighted by atomic mass is 10.1. The molecule has 2 saturated heterocycles. The Morgan fingerprint density at radius 2 is 1.57 bits per heavy atom. The lowest BCUT2D eigenvalue weighted by molar-refractivity contribution is -0.896. The molecule has 0 spiro atoms. The summed E-state index contributed by atoms with van der Waals surface area (Å²) in [7, 11) is -1.64. The minimum Gasteiger partial charge on any atom is -0.334 e. The van der Waals surface area contributed by atoms with Gasteiger partial charge < -0.3 is 9.80 Å². The molecule has 9 heteroatoms. The molecule has 2 heterocycles. The maximum absolute atomic E-state index is 13.1. The maximum atomic E-state index is 13.1. The Morgan fingerprint density at radius 1 is 1.03 bits per heavy atom. The summed E-state index contributed by atoms with van der Waals surface area (Å²) in [6.07, 6.45) is 4.04. The van der Waals surface area contributed by atoms with E-state index in [1.165, 1.54) is 12.1 Å². The summed E-state index contributed by atoms with van der Waals surface area (Å²) in [6.45, 7) is 5.61. The number of carbonyl (C=O) groups excluding carboxylic acids is 1. The van der Waals surface area contributed by atoms with Gasteiger partial charge >= 0.3 is 0 Å². The molecule has 0 saturated carbocycles. The Balaban J connectivity index is 1.51. The number of hydrogen-bond donors (Lipinski definition) is 1. The van der Waals surface area contributed by atoms with Crippen LogP contribution in [0.3, 0.4) is 0 Å². The van der Waals surface area contributed by atoms with Crippen LogP contribution in [0.5, 0.6) is 0 Å². The molecular formula is C21H34FN4O3S+. The van der Waals surface area contributed by atoms with Crippen molar-refractivity contribution in [2.45, 2.75) is 38.6 Å². The van der Waals surface area contributed by atoms with Crippen LogP contribution in [0.4, 0.5) is 4.39 Å². The fourth-order valence-corrected chi connectivity index (χ4v) is 5.86. The summed E-state index contributed by atoms with van der Waals surface area (Å²) in [4.78, 5) is 15.5. The third kappa shape index (κ3) is 5.57. The molecule has 0 aliphatic carbocycles. The number of carbonyl (C=O) groups is 1. The number of likely N-dealkylation sites (N-methyl/N-ethyl adjacent to an activating group) is 1. The highest BCUT2D eigenvalue weighted by Crippen LogP contribution is 2.19. The van der Waals surface area contributed by atoms with Crippen molar-refractivity contribution in [2.24, 2.45) is 0 Å². The second-order valence-electron chi connectivity index (χ2n) is 8.38. The minimum atomic E-state index is -3.40. The molecule has 0 aromatic heterocycles. The van der Waals surface area contributed by atoms with Gasteiger partial charge in [-0.2, -0.15) is 17.0 Å². The predicted molar refractivity (Wildman–Crippen MR) is 114 cm³/mol. The van der Waals surface area contributed by atoms with Crippen LogP contribution < -0.4 is 4.90 Å². The molecule has 2 aliphatic rings. The summed E-state index contributed by atoms with van der Waals surface area (Å²) in [6, 6.07) is 6.05. The summed E-state index contributed by atoms with van der Waals surface area (Å²) in [5.41, 5.74) is 0.885. The standard InChI is InChI=1S/C21H33FN4O3S/c1-18(19-7-9-20(22)10-8-19)23(2)21(27)17-24-13-15-26(16-14-24)30(28,29)25-11-5-3-4-6-12-25/h7-10,18H,3-6,11-17H2,1-2H3/p+1. The topological polar surface area (TPSA) is 65.4 Å². The average Bonchev–Trinajstić information content (AvgIpc) is 3.04. The van der Waals surface area contributed by atoms with Gasteiger partial charge in [-0.3, -0.25) is 4.79 Å². The van der Waals surface area contributed by atoms with Gasteiger partial charge in [0.05, 0.1) is 32.2 Å². The van der Waals surface area contributed by atoms with E-state index in [1.807, 2.05) is 6.92 Å². The molecule has 168 valence electrons. The van der Waals surface area contributed by atoms with E-state index in [2.05, 4.69) is 0 Å². The molecule has 0 bridgehead atoms. The third-order valence-electron chi connectivity index (χ3n) is 6.38. The molecule has 1 aromatic carbocycles. The monoisotopic (exact) mass is 441 g/mol. The highest BCUT2D eigenvalue weighted by Gasteiger charge is 2.35. The molecule has 1 atom stereocenters. The lowest BCUT2D eigenvalue weighted by Crippen LogP contribution is -3.15. The molecule has 7 nitrogen and oxygen atoms in total. The van der Waals surface area contributed by atoms with Gasteiger partial charge in [0.2, 0.25) is 0 Å². The van der Waals surface area contributed by atoms with E-state index in [0.717, 1.165) is 36.1 Å². The van der Waals surface area contributed by atoms with Crippen LogP contribution in [0.2, 0.25) is 0 Å². The minimum absolute atomic E-state index is 0.00523. The number of nitrogens with one attached hydrogen (secondary N) is 1. The first kappa shape index (κ1) is 23.1. The SMILES string of the molecule is CC(c1ccc(F)cc1)N(C)C(=O)C[NH+]1CCN(S(=O)(=O)N2CCCCCC2)CC1. The predicted octanol–water partition coefficient (Wildman–Crippen LogP) is 0.666. The van der Waals surface area contributed by atoms with Crippen LogP contribution in [-0.4, -0.2) is 80.7 Å². The number of hydrogen-bond acceptors (Lipinski definition) is 3. The Morgan fingerprint density at radius 3 is 2.13 bits per heavy atom. The Labute approximate surface area is 179 Å². The van der Waals surface area contributed by atoms with Crippen molar-refractivity contribution in [3.05, 3.63) is 35.6 Å². The van der Waals surface area contributed by atoms with Gasteiger partial charge in [0.1, 0.15) is 5.82 Å². The zero-order valence-electron chi connectivity index (χ0n) is 18.0. The number of quaternary nitrogens is 1. The van der Waals surface area contributed by atoms with Gasteiger partial charge in [-0.15, -0.1) is 0 Å². The molecule has 1 unspecified atom stereocenters. The highest BCUT2D eigenvalue weighted by atomic mass is 32.2. The Bertz CT molecular complexity index is 802. The smallest absolute Gasteiger partial charge is 0.282 e. The second-order valence-corrected chi connectivity index (χ2v) is 10.3. The van der Waals surface area contributed by atoms with E-state index in [0.29, 0.717) is 45.8 Å². The van der Waals surface area contributed by atoms with E-state index < -0.39 is 10.2 Å².